The van der Waals surface area contributed by atoms with Gasteiger partial charge in [0.05, 0.1) is 18.2 Å². The third-order valence-corrected chi connectivity index (χ3v) is 4.63. The first kappa shape index (κ1) is 16.2. The fourth-order valence-electron chi connectivity index (χ4n) is 3.56. The van der Waals surface area contributed by atoms with Crippen molar-refractivity contribution in [3.63, 3.8) is 0 Å². The number of hydrogen-bond acceptors (Lipinski definition) is 3. The van der Waals surface area contributed by atoms with E-state index in [1.807, 2.05) is 0 Å². The maximum atomic E-state index is 12.3. The highest BCUT2D eigenvalue weighted by molar-refractivity contribution is 5.94. The summed E-state index contributed by atoms with van der Waals surface area (Å²) in [4.78, 5) is 12.3. The molecule has 126 valence electrons. The van der Waals surface area contributed by atoms with Crippen LogP contribution in [-0.4, -0.2) is 30.8 Å². The lowest BCUT2D eigenvalue weighted by Gasteiger charge is -2.32. The zero-order chi connectivity index (χ0) is 16.3. The predicted molar refractivity (Wildman–Crippen MR) is 80.7 cm³/mol. The summed E-state index contributed by atoms with van der Waals surface area (Å²) in [6, 6.07) is 5.81. The highest BCUT2D eigenvalue weighted by atomic mass is 19.3. The SMILES string of the molecule is O=C(N[C@@H]1COC2(CCCCC2)C1)c1cccc(OC(F)F)c1. The first-order valence-corrected chi connectivity index (χ1v) is 8.06. The number of halogens is 2. The Bertz CT molecular complexity index is 559. The van der Waals surface area contributed by atoms with Gasteiger partial charge in [0.2, 0.25) is 0 Å². The summed E-state index contributed by atoms with van der Waals surface area (Å²) >= 11 is 0. The molecule has 1 spiro atoms. The topological polar surface area (TPSA) is 47.6 Å². The minimum absolute atomic E-state index is 0.0147. The Morgan fingerprint density at radius 3 is 2.83 bits per heavy atom. The molecule has 1 aromatic rings. The van der Waals surface area contributed by atoms with E-state index in [-0.39, 0.29) is 23.3 Å². The van der Waals surface area contributed by atoms with Crippen LogP contribution in [0, 0.1) is 0 Å². The van der Waals surface area contributed by atoms with Crippen LogP contribution in [0.15, 0.2) is 24.3 Å². The van der Waals surface area contributed by atoms with Crippen molar-refractivity contribution in [3.05, 3.63) is 29.8 Å². The minimum atomic E-state index is -2.90. The summed E-state index contributed by atoms with van der Waals surface area (Å²) in [6.07, 6.45) is 6.53. The van der Waals surface area contributed by atoms with Crippen molar-refractivity contribution < 1.29 is 23.0 Å². The fraction of sp³-hybridized carbons (Fsp3) is 0.588. The van der Waals surface area contributed by atoms with Crippen molar-refractivity contribution in [3.8, 4) is 5.75 Å². The molecule has 1 heterocycles. The number of hydrogen-bond donors (Lipinski definition) is 1. The maximum absolute atomic E-state index is 12.3. The third-order valence-electron chi connectivity index (χ3n) is 4.63. The highest BCUT2D eigenvalue weighted by Gasteiger charge is 2.41. The third kappa shape index (κ3) is 3.99. The summed E-state index contributed by atoms with van der Waals surface area (Å²) in [5.41, 5.74) is 0.240. The molecule has 1 aromatic carbocycles. The molecule has 1 N–H and O–H groups in total. The van der Waals surface area contributed by atoms with Crippen LogP contribution in [0.3, 0.4) is 0 Å². The molecule has 3 rings (SSSR count). The molecule has 2 fully saturated rings. The molecule has 0 unspecified atom stereocenters. The van der Waals surface area contributed by atoms with Gasteiger partial charge in [-0.3, -0.25) is 4.79 Å². The second-order valence-corrected chi connectivity index (χ2v) is 6.34. The lowest BCUT2D eigenvalue weighted by molar-refractivity contribution is -0.0498. The lowest BCUT2D eigenvalue weighted by Crippen LogP contribution is -2.37. The van der Waals surface area contributed by atoms with Crippen LogP contribution in [0.1, 0.15) is 48.9 Å². The normalized spacial score (nSPS) is 23.2. The van der Waals surface area contributed by atoms with Crippen molar-refractivity contribution in [2.24, 2.45) is 0 Å². The molecule has 1 saturated carbocycles. The molecule has 0 bridgehead atoms. The van der Waals surface area contributed by atoms with Crippen molar-refractivity contribution in [1.29, 1.82) is 0 Å². The average Bonchev–Trinajstić information content (AvgIpc) is 2.90. The largest absolute Gasteiger partial charge is 0.435 e. The molecule has 1 amide bonds. The van der Waals surface area contributed by atoms with Gasteiger partial charge < -0.3 is 14.8 Å². The van der Waals surface area contributed by atoms with Crippen molar-refractivity contribution in [2.75, 3.05) is 6.61 Å². The van der Waals surface area contributed by atoms with Crippen LogP contribution in [0.4, 0.5) is 8.78 Å². The number of carbonyl (C=O) groups is 1. The van der Waals surface area contributed by atoms with Gasteiger partial charge in [-0.15, -0.1) is 0 Å². The van der Waals surface area contributed by atoms with E-state index in [1.165, 1.54) is 37.5 Å². The molecule has 1 aliphatic carbocycles. The van der Waals surface area contributed by atoms with E-state index in [4.69, 9.17) is 4.74 Å². The molecule has 23 heavy (non-hydrogen) atoms. The van der Waals surface area contributed by atoms with Crippen LogP contribution in [-0.2, 0) is 4.74 Å². The Morgan fingerprint density at radius 2 is 2.09 bits per heavy atom. The first-order chi connectivity index (χ1) is 11.1. The number of ether oxygens (including phenoxy) is 2. The molecule has 2 aliphatic rings. The Morgan fingerprint density at radius 1 is 1.30 bits per heavy atom. The molecule has 1 saturated heterocycles. The van der Waals surface area contributed by atoms with Gasteiger partial charge in [0.15, 0.2) is 0 Å². The zero-order valence-corrected chi connectivity index (χ0v) is 12.9. The van der Waals surface area contributed by atoms with E-state index in [2.05, 4.69) is 10.1 Å². The van der Waals surface area contributed by atoms with Gasteiger partial charge in [-0.1, -0.05) is 25.3 Å². The fourth-order valence-corrected chi connectivity index (χ4v) is 3.56. The summed E-state index contributed by atoms with van der Waals surface area (Å²) in [7, 11) is 0. The molecule has 6 heteroatoms. The summed E-state index contributed by atoms with van der Waals surface area (Å²) < 4.78 is 34.8. The second kappa shape index (κ2) is 6.83. The number of nitrogens with one attached hydrogen (secondary N) is 1. The van der Waals surface area contributed by atoms with Crippen molar-refractivity contribution in [2.45, 2.75) is 56.8 Å². The molecular weight excluding hydrogens is 304 g/mol. The number of carbonyl (C=O) groups excluding carboxylic acids is 1. The van der Waals surface area contributed by atoms with Gasteiger partial charge in [-0.05, 0) is 37.5 Å². The number of amides is 1. The summed E-state index contributed by atoms with van der Waals surface area (Å²) in [5.74, 6) is -0.301. The van der Waals surface area contributed by atoms with Gasteiger partial charge >= 0.3 is 6.61 Å². The lowest BCUT2D eigenvalue weighted by atomic mass is 9.82. The van der Waals surface area contributed by atoms with Crippen molar-refractivity contribution in [1.82, 2.24) is 5.32 Å². The molecular formula is C17H21F2NO3. The quantitative estimate of drug-likeness (QED) is 0.921. The van der Waals surface area contributed by atoms with E-state index < -0.39 is 6.61 Å². The molecule has 1 atom stereocenters. The van der Waals surface area contributed by atoms with Crippen LogP contribution in [0.5, 0.6) is 5.75 Å². The van der Waals surface area contributed by atoms with Gasteiger partial charge in [0, 0.05) is 5.56 Å². The van der Waals surface area contributed by atoms with Gasteiger partial charge in [-0.2, -0.15) is 8.78 Å². The van der Waals surface area contributed by atoms with Gasteiger partial charge in [0.1, 0.15) is 5.75 Å². The Labute approximate surface area is 134 Å². The van der Waals surface area contributed by atoms with E-state index in [0.29, 0.717) is 12.2 Å². The van der Waals surface area contributed by atoms with Crippen LogP contribution in [0.2, 0.25) is 0 Å². The molecule has 0 aromatic heterocycles. The van der Waals surface area contributed by atoms with Crippen molar-refractivity contribution >= 4 is 5.91 Å². The van der Waals surface area contributed by atoms with E-state index in [1.54, 1.807) is 6.07 Å². The van der Waals surface area contributed by atoms with Crippen LogP contribution >= 0.6 is 0 Å². The molecule has 0 radical (unpaired) electrons. The van der Waals surface area contributed by atoms with Gasteiger partial charge in [-0.25, -0.2) is 0 Å². The number of benzene rings is 1. The predicted octanol–water partition coefficient (Wildman–Crippen LogP) is 3.51. The van der Waals surface area contributed by atoms with Crippen LogP contribution in [0.25, 0.3) is 0 Å². The van der Waals surface area contributed by atoms with Gasteiger partial charge in [0.25, 0.3) is 5.91 Å². The van der Waals surface area contributed by atoms with E-state index >= 15 is 0 Å². The minimum Gasteiger partial charge on any atom is -0.435 e. The Kier molecular flexibility index (Phi) is 4.80. The number of alkyl halides is 2. The zero-order valence-electron chi connectivity index (χ0n) is 12.9. The average molecular weight is 325 g/mol. The number of rotatable bonds is 4. The van der Waals surface area contributed by atoms with E-state index in [9.17, 15) is 13.6 Å². The highest BCUT2D eigenvalue weighted by Crippen LogP contribution is 2.39. The molecule has 4 nitrogen and oxygen atoms in total. The smallest absolute Gasteiger partial charge is 0.387 e. The van der Waals surface area contributed by atoms with E-state index in [0.717, 1.165) is 19.3 Å². The maximum Gasteiger partial charge on any atom is 0.387 e. The Balaban J connectivity index is 1.59. The Hall–Kier alpha value is -1.69. The second-order valence-electron chi connectivity index (χ2n) is 6.34. The standard InChI is InChI=1S/C17H21F2NO3/c18-16(19)23-14-6-4-5-12(9-14)15(21)20-13-10-17(22-11-13)7-2-1-3-8-17/h4-6,9,13,16H,1-3,7-8,10-11H2,(H,20,21)/t13-/m0/s1. The molecule has 1 aliphatic heterocycles. The monoisotopic (exact) mass is 325 g/mol. The first-order valence-electron chi connectivity index (χ1n) is 8.06. The summed E-state index contributed by atoms with van der Waals surface area (Å²) in [6.45, 7) is -2.39. The van der Waals surface area contributed by atoms with Crippen LogP contribution < -0.4 is 10.1 Å². The summed E-state index contributed by atoms with van der Waals surface area (Å²) in [5, 5.41) is 2.94.